The van der Waals surface area contributed by atoms with E-state index < -0.39 is 11.6 Å². The first kappa shape index (κ1) is 14.6. The number of methoxy groups -OCH3 is 1. The van der Waals surface area contributed by atoms with Gasteiger partial charge in [-0.1, -0.05) is 0 Å². The van der Waals surface area contributed by atoms with E-state index in [2.05, 4.69) is 10.4 Å². The molecule has 0 atom stereocenters. The summed E-state index contributed by atoms with van der Waals surface area (Å²) < 4.78 is 33.3. The summed E-state index contributed by atoms with van der Waals surface area (Å²) in [4.78, 5) is 0. The molecule has 2 rings (SSSR count). The van der Waals surface area contributed by atoms with Crippen molar-refractivity contribution in [2.75, 3.05) is 20.3 Å². The Hall–Kier alpha value is -1.79. The van der Waals surface area contributed by atoms with E-state index in [4.69, 9.17) is 4.74 Å². The fraction of sp³-hybridized carbons (Fsp3) is 0.357. The fourth-order valence-electron chi connectivity index (χ4n) is 1.87. The van der Waals surface area contributed by atoms with Gasteiger partial charge in [0.25, 0.3) is 0 Å². The van der Waals surface area contributed by atoms with Crippen molar-refractivity contribution in [3.63, 3.8) is 0 Å². The number of aromatic nitrogens is 2. The molecule has 6 heteroatoms. The van der Waals surface area contributed by atoms with Crippen LogP contribution in [0.25, 0.3) is 0 Å². The van der Waals surface area contributed by atoms with Crippen LogP contribution in [0.5, 0.6) is 0 Å². The molecule has 0 radical (unpaired) electrons. The lowest BCUT2D eigenvalue weighted by atomic mass is 10.2. The van der Waals surface area contributed by atoms with Crippen molar-refractivity contribution in [1.29, 1.82) is 0 Å². The zero-order chi connectivity index (χ0) is 14.4. The lowest BCUT2D eigenvalue weighted by Crippen LogP contribution is -2.21. The van der Waals surface area contributed by atoms with Crippen LogP contribution in [0.1, 0.15) is 11.3 Å². The Morgan fingerprint density at radius 3 is 2.95 bits per heavy atom. The molecule has 0 aliphatic rings. The molecule has 0 fully saturated rings. The molecule has 1 N–H and O–H groups in total. The van der Waals surface area contributed by atoms with Crippen LogP contribution in [0.4, 0.5) is 8.78 Å². The maximum absolute atomic E-state index is 13.6. The van der Waals surface area contributed by atoms with Crippen LogP contribution in [0.2, 0.25) is 0 Å². The van der Waals surface area contributed by atoms with E-state index in [1.807, 2.05) is 6.07 Å². The van der Waals surface area contributed by atoms with Crippen LogP contribution >= 0.6 is 0 Å². The van der Waals surface area contributed by atoms with Gasteiger partial charge in [0.15, 0.2) is 0 Å². The first-order valence-corrected chi connectivity index (χ1v) is 6.35. The molecule has 1 aromatic carbocycles. The third-order valence-electron chi connectivity index (χ3n) is 2.92. The predicted octanol–water partition coefficient (Wildman–Crippen LogP) is 1.95. The molecule has 0 aliphatic heterocycles. The molecule has 1 heterocycles. The van der Waals surface area contributed by atoms with Crippen molar-refractivity contribution in [3.8, 4) is 0 Å². The number of rotatable bonds is 7. The third-order valence-corrected chi connectivity index (χ3v) is 2.92. The first-order chi connectivity index (χ1) is 9.70. The van der Waals surface area contributed by atoms with Gasteiger partial charge in [0.05, 0.1) is 18.8 Å². The highest BCUT2D eigenvalue weighted by molar-refractivity contribution is 5.19. The molecular weight excluding hydrogens is 264 g/mol. The fourth-order valence-corrected chi connectivity index (χ4v) is 1.87. The molecule has 0 saturated carbocycles. The normalized spacial score (nSPS) is 10.9. The van der Waals surface area contributed by atoms with Crippen LogP contribution in [0.3, 0.4) is 0 Å². The SMILES string of the molecule is COCCNCc1ccnn1Cc1cc(F)ccc1F. The van der Waals surface area contributed by atoms with Gasteiger partial charge in [-0.25, -0.2) is 8.78 Å². The van der Waals surface area contributed by atoms with E-state index in [1.54, 1.807) is 18.0 Å². The van der Waals surface area contributed by atoms with Gasteiger partial charge in [-0.05, 0) is 24.3 Å². The van der Waals surface area contributed by atoms with E-state index in [-0.39, 0.29) is 12.1 Å². The van der Waals surface area contributed by atoms with Crippen LogP contribution in [0, 0.1) is 11.6 Å². The lowest BCUT2D eigenvalue weighted by Gasteiger charge is -2.09. The van der Waals surface area contributed by atoms with E-state index >= 15 is 0 Å². The Morgan fingerprint density at radius 2 is 2.15 bits per heavy atom. The Morgan fingerprint density at radius 1 is 1.30 bits per heavy atom. The van der Waals surface area contributed by atoms with Gasteiger partial charge >= 0.3 is 0 Å². The van der Waals surface area contributed by atoms with Crippen molar-refractivity contribution in [1.82, 2.24) is 15.1 Å². The van der Waals surface area contributed by atoms with Gasteiger partial charge in [0, 0.05) is 32.0 Å². The Kier molecular flexibility index (Phi) is 5.20. The molecule has 20 heavy (non-hydrogen) atoms. The number of nitrogens with zero attached hydrogens (tertiary/aromatic N) is 2. The molecule has 0 aliphatic carbocycles. The van der Waals surface area contributed by atoms with Gasteiger partial charge < -0.3 is 10.1 Å². The predicted molar refractivity (Wildman–Crippen MR) is 71.3 cm³/mol. The molecule has 2 aromatic rings. The lowest BCUT2D eigenvalue weighted by molar-refractivity contribution is 0.199. The zero-order valence-electron chi connectivity index (χ0n) is 11.3. The number of hydrogen-bond acceptors (Lipinski definition) is 3. The van der Waals surface area contributed by atoms with Crippen molar-refractivity contribution in [2.24, 2.45) is 0 Å². The molecular formula is C14H17F2N3O. The zero-order valence-corrected chi connectivity index (χ0v) is 11.3. The maximum Gasteiger partial charge on any atom is 0.128 e. The molecule has 4 nitrogen and oxygen atoms in total. The van der Waals surface area contributed by atoms with E-state index in [1.165, 1.54) is 6.07 Å². The number of hydrogen-bond donors (Lipinski definition) is 1. The minimum absolute atomic E-state index is 0.206. The molecule has 108 valence electrons. The van der Waals surface area contributed by atoms with Crippen molar-refractivity contribution >= 4 is 0 Å². The average Bonchev–Trinajstić information content (AvgIpc) is 2.86. The summed E-state index contributed by atoms with van der Waals surface area (Å²) in [6.45, 7) is 2.14. The highest BCUT2D eigenvalue weighted by atomic mass is 19.1. The second-order valence-corrected chi connectivity index (χ2v) is 4.39. The molecule has 0 unspecified atom stereocenters. The van der Waals surface area contributed by atoms with Crippen molar-refractivity contribution in [3.05, 3.63) is 53.4 Å². The molecule has 0 amide bonds. The highest BCUT2D eigenvalue weighted by Crippen LogP contribution is 2.12. The Balaban J connectivity index is 2.02. The Bertz CT molecular complexity index is 557. The second kappa shape index (κ2) is 7.12. The first-order valence-electron chi connectivity index (χ1n) is 6.35. The molecule has 0 spiro atoms. The average molecular weight is 281 g/mol. The van der Waals surface area contributed by atoms with Crippen LogP contribution in [0.15, 0.2) is 30.5 Å². The van der Waals surface area contributed by atoms with Gasteiger partial charge in [-0.15, -0.1) is 0 Å². The van der Waals surface area contributed by atoms with Crippen molar-refractivity contribution in [2.45, 2.75) is 13.1 Å². The van der Waals surface area contributed by atoms with Crippen molar-refractivity contribution < 1.29 is 13.5 Å². The molecule has 0 bridgehead atoms. The summed E-state index contributed by atoms with van der Waals surface area (Å²) in [7, 11) is 1.64. The summed E-state index contributed by atoms with van der Waals surface area (Å²) in [5.41, 5.74) is 1.19. The maximum atomic E-state index is 13.6. The topological polar surface area (TPSA) is 39.1 Å². The highest BCUT2D eigenvalue weighted by Gasteiger charge is 2.08. The minimum Gasteiger partial charge on any atom is -0.383 e. The van der Waals surface area contributed by atoms with Crippen LogP contribution in [-0.4, -0.2) is 30.0 Å². The summed E-state index contributed by atoms with van der Waals surface area (Å²) in [5.74, 6) is -0.881. The van der Waals surface area contributed by atoms with E-state index in [0.29, 0.717) is 13.2 Å². The Labute approximate surface area is 116 Å². The number of ether oxygens (including phenoxy) is 1. The number of benzene rings is 1. The van der Waals surface area contributed by atoms with E-state index in [0.717, 1.165) is 24.4 Å². The second-order valence-electron chi connectivity index (χ2n) is 4.39. The summed E-state index contributed by atoms with van der Waals surface area (Å²) in [5, 5.41) is 7.32. The minimum atomic E-state index is -0.451. The summed E-state index contributed by atoms with van der Waals surface area (Å²) in [6.07, 6.45) is 1.64. The smallest absolute Gasteiger partial charge is 0.128 e. The quantitative estimate of drug-likeness (QED) is 0.788. The summed E-state index contributed by atoms with van der Waals surface area (Å²) in [6, 6.07) is 5.27. The van der Waals surface area contributed by atoms with Crippen LogP contribution in [-0.2, 0) is 17.8 Å². The van der Waals surface area contributed by atoms with Gasteiger partial charge in [0.1, 0.15) is 11.6 Å². The molecule has 1 aromatic heterocycles. The number of halogens is 2. The summed E-state index contributed by atoms with van der Waals surface area (Å²) >= 11 is 0. The van der Waals surface area contributed by atoms with Gasteiger partial charge in [0.2, 0.25) is 0 Å². The monoisotopic (exact) mass is 281 g/mol. The van der Waals surface area contributed by atoms with Crippen LogP contribution < -0.4 is 5.32 Å². The number of nitrogens with one attached hydrogen (secondary N) is 1. The third kappa shape index (κ3) is 3.85. The van der Waals surface area contributed by atoms with Gasteiger partial charge in [-0.3, -0.25) is 4.68 Å². The standard InChI is InChI=1S/C14H17F2N3O/c1-20-7-6-17-9-13-4-5-18-19(13)10-11-8-12(15)2-3-14(11)16/h2-5,8,17H,6-7,9-10H2,1H3. The van der Waals surface area contributed by atoms with E-state index in [9.17, 15) is 8.78 Å². The van der Waals surface area contributed by atoms with Gasteiger partial charge in [-0.2, -0.15) is 5.10 Å². The molecule has 0 saturated heterocycles. The largest absolute Gasteiger partial charge is 0.383 e.